The molecule has 0 aliphatic carbocycles. The smallest absolute Gasteiger partial charge is 0.412 e. The molecule has 0 aromatic heterocycles. The van der Waals surface area contributed by atoms with Crippen molar-refractivity contribution >= 4 is 23.6 Å². The summed E-state index contributed by atoms with van der Waals surface area (Å²) in [4.78, 5) is 29.2. The molecule has 0 aliphatic rings. The van der Waals surface area contributed by atoms with E-state index >= 15 is 0 Å². The molecule has 8 nitrogen and oxygen atoms in total. The third-order valence-electron chi connectivity index (χ3n) is 10.7. The summed E-state index contributed by atoms with van der Waals surface area (Å²) in [5.41, 5.74) is 1.22. The zero-order valence-electron chi connectivity index (χ0n) is 35.9. The van der Waals surface area contributed by atoms with E-state index in [4.69, 9.17) is 9.47 Å². The van der Waals surface area contributed by atoms with Crippen molar-refractivity contribution in [3.05, 3.63) is 24.3 Å². The number of hydrogen-bond donors (Lipinski definition) is 2. The first-order valence-electron chi connectivity index (χ1n) is 22.9. The van der Waals surface area contributed by atoms with E-state index in [0.29, 0.717) is 11.4 Å². The highest BCUT2D eigenvalue weighted by Gasteiger charge is 2.10. The Bertz CT molecular complexity index is 899. The minimum absolute atomic E-state index is 0.278. The van der Waals surface area contributed by atoms with Gasteiger partial charge in [-0.3, -0.25) is 20.4 Å². The van der Waals surface area contributed by atoms with E-state index in [1.54, 1.807) is 24.3 Å². The van der Waals surface area contributed by atoms with Crippen LogP contribution in [0.2, 0.25) is 0 Å². The van der Waals surface area contributed by atoms with Gasteiger partial charge in [0.2, 0.25) is 0 Å². The van der Waals surface area contributed by atoms with Crippen molar-refractivity contribution < 1.29 is 19.1 Å². The second kappa shape index (κ2) is 37.6. The van der Waals surface area contributed by atoms with Gasteiger partial charge < -0.3 is 9.47 Å². The quantitative estimate of drug-likeness (QED) is 0.0516. The molecule has 54 heavy (non-hydrogen) atoms. The number of unbranched alkanes of at least 4 members (excludes halogenated alkanes) is 26. The summed E-state index contributed by atoms with van der Waals surface area (Å²) in [5.74, 6) is 0. The number of carbonyl (C=O) groups is 2. The Labute approximate surface area is 333 Å². The van der Waals surface area contributed by atoms with E-state index < -0.39 is 12.2 Å². The molecular weight excluding hydrogens is 673 g/mol. The SMILES string of the molecule is CCCCCCCCCCCCCCCCN(CC)COC(=O)Nc1ccc(NC(=O)OCN(CC)CCCCCCCCCCCCCCCC)cc1. The number of amides is 2. The first-order valence-corrected chi connectivity index (χ1v) is 22.9. The average Bonchev–Trinajstić information content (AvgIpc) is 3.18. The molecule has 0 radical (unpaired) electrons. The fourth-order valence-electron chi connectivity index (χ4n) is 6.93. The van der Waals surface area contributed by atoms with E-state index in [1.165, 1.54) is 167 Å². The monoisotopic (exact) mass is 759 g/mol. The number of hydrogen-bond acceptors (Lipinski definition) is 6. The molecule has 0 aliphatic heterocycles. The predicted octanol–water partition coefficient (Wildman–Crippen LogP) is 14.3. The molecule has 1 aromatic rings. The molecule has 0 unspecified atom stereocenters. The van der Waals surface area contributed by atoms with Crippen LogP contribution in [-0.4, -0.2) is 61.6 Å². The Morgan fingerprint density at radius 1 is 0.407 bits per heavy atom. The number of anilines is 2. The van der Waals surface area contributed by atoms with Crippen LogP contribution >= 0.6 is 0 Å². The van der Waals surface area contributed by atoms with Crippen molar-refractivity contribution in [2.75, 3.05) is 50.3 Å². The van der Waals surface area contributed by atoms with Crippen LogP contribution in [-0.2, 0) is 9.47 Å². The Kier molecular flexibility index (Phi) is 34.6. The number of rotatable bonds is 38. The Morgan fingerprint density at radius 2 is 0.648 bits per heavy atom. The summed E-state index contributed by atoms with van der Waals surface area (Å²) in [6, 6.07) is 6.99. The van der Waals surface area contributed by atoms with Crippen LogP contribution in [0.25, 0.3) is 0 Å². The summed E-state index contributed by atoms with van der Waals surface area (Å²) in [5, 5.41) is 5.57. The molecular formula is C46H86N4O4. The standard InChI is InChI=1S/C46H86N4O4/c1-5-9-11-13-15-17-19-21-23-25-27-29-31-33-39-49(7-3)41-53-45(51)47-43-35-37-44(38-36-43)48-46(52)54-42-50(8-4)40-34-32-30-28-26-24-22-20-18-16-14-12-10-6-2/h35-38H,5-34,39-42H2,1-4H3,(H,47,51)(H,48,52). The second-order valence-corrected chi connectivity index (χ2v) is 15.6. The van der Waals surface area contributed by atoms with Crippen molar-refractivity contribution in [1.29, 1.82) is 0 Å². The molecule has 0 bridgehead atoms. The molecule has 1 rings (SSSR count). The van der Waals surface area contributed by atoms with Crippen LogP contribution in [0.3, 0.4) is 0 Å². The lowest BCUT2D eigenvalue weighted by molar-refractivity contribution is 0.0792. The topological polar surface area (TPSA) is 83.1 Å². The van der Waals surface area contributed by atoms with Gasteiger partial charge in [0, 0.05) is 24.5 Å². The minimum Gasteiger partial charge on any atom is -0.433 e. The van der Waals surface area contributed by atoms with Gasteiger partial charge in [0.15, 0.2) is 0 Å². The van der Waals surface area contributed by atoms with E-state index in [1.807, 2.05) is 0 Å². The van der Waals surface area contributed by atoms with Crippen molar-refractivity contribution in [2.45, 2.75) is 207 Å². The largest absolute Gasteiger partial charge is 0.433 e. The number of carbonyl (C=O) groups excluding carboxylic acids is 2. The summed E-state index contributed by atoms with van der Waals surface area (Å²) >= 11 is 0. The summed E-state index contributed by atoms with van der Waals surface area (Å²) in [6.45, 7) is 12.9. The first kappa shape index (κ1) is 49.7. The average molecular weight is 759 g/mol. The highest BCUT2D eigenvalue weighted by atomic mass is 16.6. The van der Waals surface area contributed by atoms with E-state index in [-0.39, 0.29) is 13.5 Å². The minimum atomic E-state index is -0.479. The summed E-state index contributed by atoms with van der Waals surface area (Å²) in [7, 11) is 0. The third kappa shape index (κ3) is 30.9. The fraction of sp³-hybridized carbons (Fsp3) is 0.826. The van der Waals surface area contributed by atoms with E-state index in [2.05, 4.69) is 48.1 Å². The highest BCUT2D eigenvalue weighted by Crippen LogP contribution is 2.16. The molecule has 0 fully saturated rings. The van der Waals surface area contributed by atoms with Crippen molar-refractivity contribution in [1.82, 2.24) is 9.80 Å². The fourth-order valence-corrected chi connectivity index (χ4v) is 6.93. The zero-order valence-corrected chi connectivity index (χ0v) is 35.9. The van der Waals surface area contributed by atoms with Gasteiger partial charge in [-0.15, -0.1) is 0 Å². The third-order valence-corrected chi connectivity index (χ3v) is 10.7. The van der Waals surface area contributed by atoms with Gasteiger partial charge in [-0.1, -0.05) is 195 Å². The van der Waals surface area contributed by atoms with Crippen molar-refractivity contribution in [2.24, 2.45) is 0 Å². The maximum atomic E-state index is 12.4. The lowest BCUT2D eigenvalue weighted by Gasteiger charge is -2.20. The van der Waals surface area contributed by atoms with Gasteiger partial charge >= 0.3 is 12.2 Å². The number of nitrogens with zero attached hydrogens (tertiary/aromatic N) is 2. The maximum Gasteiger partial charge on any atom is 0.412 e. The van der Waals surface area contributed by atoms with Crippen LogP contribution in [0.15, 0.2) is 24.3 Å². The molecule has 1 aromatic carbocycles. The molecule has 0 saturated carbocycles. The van der Waals surface area contributed by atoms with Gasteiger partial charge in [-0.05, 0) is 50.2 Å². The van der Waals surface area contributed by atoms with Crippen LogP contribution in [0.4, 0.5) is 21.0 Å². The Morgan fingerprint density at radius 3 is 0.889 bits per heavy atom. The molecule has 314 valence electrons. The summed E-state index contributed by atoms with van der Waals surface area (Å²) in [6.07, 6.45) is 36.8. The van der Waals surface area contributed by atoms with E-state index in [9.17, 15) is 9.59 Å². The van der Waals surface area contributed by atoms with Crippen LogP contribution < -0.4 is 10.6 Å². The molecule has 8 heteroatoms. The van der Waals surface area contributed by atoms with Crippen molar-refractivity contribution in [3.8, 4) is 0 Å². The second-order valence-electron chi connectivity index (χ2n) is 15.6. The van der Waals surface area contributed by atoms with Crippen molar-refractivity contribution in [3.63, 3.8) is 0 Å². The lowest BCUT2D eigenvalue weighted by atomic mass is 10.0. The molecule has 2 N–H and O–H groups in total. The molecule has 0 atom stereocenters. The lowest BCUT2D eigenvalue weighted by Crippen LogP contribution is -2.30. The maximum absolute atomic E-state index is 12.4. The first-order chi connectivity index (χ1) is 26.5. The van der Waals surface area contributed by atoms with Crippen LogP contribution in [0.1, 0.15) is 207 Å². The van der Waals surface area contributed by atoms with Crippen LogP contribution in [0, 0.1) is 0 Å². The highest BCUT2D eigenvalue weighted by molar-refractivity contribution is 5.87. The molecule has 0 spiro atoms. The Hall–Kier alpha value is -2.32. The van der Waals surface area contributed by atoms with Gasteiger partial charge in [0.1, 0.15) is 13.5 Å². The van der Waals surface area contributed by atoms with Gasteiger partial charge in [0.05, 0.1) is 0 Å². The summed E-state index contributed by atoms with van der Waals surface area (Å²) < 4.78 is 11.0. The molecule has 0 heterocycles. The predicted molar refractivity (Wildman–Crippen MR) is 232 cm³/mol. The molecule has 0 saturated heterocycles. The van der Waals surface area contributed by atoms with Gasteiger partial charge in [0.25, 0.3) is 0 Å². The van der Waals surface area contributed by atoms with E-state index in [0.717, 1.165) is 39.0 Å². The molecule has 2 amide bonds. The zero-order chi connectivity index (χ0) is 39.2. The van der Waals surface area contributed by atoms with Gasteiger partial charge in [-0.2, -0.15) is 0 Å². The number of nitrogens with one attached hydrogen (secondary N) is 2. The number of benzene rings is 1. The number of ether oxygens (including phenoxy) is 2. The van der Waals surface area contributed by atoms with Gasteiger partial charge in [-0.25, -0.2) is 9.59 Å². The van der Waals surface area contributed by atoms with Crippen LogP contribution in [0.5, 0.6) is 0 Å². The Balaban J connectivity index is 2.08. The normalized spacial score (nSPS) is 11.4.